The predicted octanol–water partition coefficient (Wildman–Crippen LogP) is 2.97. The molecule has 2 fully saturated rings. The third-order valence-corrected chi connectivity index (χ3v) is 5.64. The Morgan fingerprint density at radius 1 is 1.24 bits per heavy atom. The van der Waals surface area contributed by atoms with Gasteiger partial charge in [-0.1, -0.05) is 4.70 Å². The Hall–Kier alpha value is -3.03. The highest BCUT2D eigenvalue weighted by Gasteiger charge is 2.29. The quantitative estimate of drug-likeness (QED) is 0.760. The Balaban J connectivity index is 1.45. The Labute approximate surface area is 170 Å². The largest absolute Gasteiger partial charge is 0.484 e. The van der Waals surface area contributed by atoms with Crippen molar-refractivity contribution in [1.82, 2.24) is 15.0 Å². The van der Waals surface area contributed by atoms with E-state index in [9.17, 15) is 0 Å². The summed E-state index contributed by atoms with van der Waals surface area (Å²) in [6.45, 7) is 4.10. The molecule has 1 saturated heterocycles. The predicted molar refractivity (Wildman–Crippen MR) is 110 cm³/mol. The number of rotatable bonds is 6. The number of ether oxygens (including phenoxy) is 1. The molecule has 29 heavy (non-hydrogen) atoms. The van der Waals surface area contributed by atoms with Gasteiger partial charge in [0.05, 0.1) is 5.69 Å². The minimum atomic E-state index is -0.153. The number of nitrogens with two attached hydrogens (primary N) is 1. The van der Waals surface area contributed by atoms with E-state index in [1.165, 1.54) is 19.3 Å². The molecule has 1 aliphatic carbocycles. The molecule has 2 aromatic rings. The standard InChI is InChI=1S/C21H26N7O/c1-13(16-6-9-27(2)26-16)29-18-10-15(12-23-20(18)22)17-11-19(28-7-3-8-28)25-21(24-17)14-4-5-14/h6,9-14,16H,3-5,7-8H2,1-2H3,(H2,22,23)/q+1. The minimum Gasteiger partial charge on any atom is -0.484 e. The van der Waals surface area contributed by atoms with Crippen LogP contribution in [-0.2, 0) is 0 Å². The van der Waals surface area contributed by atoms with Gasteiger partial charge >= 0.3 is 0 Å². The smallest absolute Gasteiger partial charge is 0.194 e. The highest BCUT2D eigenvalue weighted by atomic mass is 16.5. The fraction of sp³-hybridized carbons (Fsp3) is 0.476. The van der Waals surface area contributed by atoms with Gasteiger partial charge in [0, 0.05) is 42.9 Å². The van der Waals surface area contributed by atoms with Gasteiger partial charge in [0.25, 0.3) is 0 Å². The van der Waals surface area contributed by atoms with Crippen LogP contribution in [0.5, 0.6) is 5.75 Å². The molecule has 0 radical (unpaired) electrons. The van der Waals surface area contributed by atoms with Gasteiger partial charge in [-0.25, -0.2) is 15.0 Å². The molecular formula is C21H26N7O+. The first-order valence-electron chi connectivity index (χ1n) is 10.3. The maximum atomic E-state index is 6.13. The van der Waals surface area contributed by atoms with Gasteiger partial charge in [0.2, 0.25) is 0 Å². The van der Waals surface area contributed by atoms with Crippen molar-refractivity contribution in [2.45, 2.75) is 44.2 Å². The summed E-state index contributed by atoms with van der Waals surface area (Å²) in [6, 6.07) is 3.94. The van der Waals surface area contributed by atoms with E-state index in [1.807, 2.05) is 32.3 Å². The lowest BCUT2D eigenvalue weighted by molar-refractivity contribution is -0.494. The second-order valence-electron chi connectivity index (χ2n) is 8.04. The van der Waals surface area contributed by atoms with Crippen LogP contribution in [0.3, 0.4) is 0 Å². The highest BCUT2D eigenvalue weighted by Crippen LogP contribution is 2.40. The number of hydrogen-bond acceptors (Lipinski definition) is 7. The van der Waals surface area contributed by atoms with Crippen molar-refractivity contribution in [1.29, 1.82) is 0 Å². The lowest BCUT2D eigenvalue weighted by Gasteiger charge is -2.32. The topological polar surface area (TPSA) is 92.5 Å². The summed E-state index contributed by atoms with van der Waals surface area (Å²) in [4.78, 5) is 16.3. The number of aromatic nitrogens is 3. The molecule has 2 unspecified atom stereocenters. The Bertz CT molecular complexity index is 995. The molecule has 150 valence electrons. The monoisotopic (exact) mass is 392 g/mol. The molecule has 8 heteroatoms. The number of azo groups is 2. The molecule has 1 saturated carbocycles. The Morgan fingerprint density at radius 2 is 2.07 bits per heavy atom. The van der Waals surface area contributed by atoms with Crippen LogP contribution in [0, 0.1) is 0 Å². The molecule has 8 nitrogen and oxygen atoms in total. The normalized spacial score (nSPS) is 21.7. The van der Waals surface area contributed by atoms with Crippen molar-refractivity contribution in [3.8, 4) is 17.0 Å². The number of nitrogens with zero attached hydrogens (tertiary/aromatic N) is 6. The van der Waals surface area contributed by atoms with E-state index in [0.717, 1.165) is 36.0 Å². The van der Waals surface area contributed by atoms with Crippen LogP contribution >= 0.6 is 0 Å². The first-order valence-corrected chi connectivity index (χ1v) is 10.3. The highest BCUT2D eigenvalue weighted by molar-refractivity contribution is 5.67. The van der Waals surface area contributed by atoms with E-state index in [4.69, 9.17) is 20.4 Å². The maximum Gasteiger partial charge on any atom is 0.194 e. The summed E-state index contributed by atoms with van der Waals surface area (Å²) in [5.41, 5.74) is 7.87. The second-order valence-corrected chi connectivity index (χ2v) is 8.04. The lowest BCUT2D eigenvalue weighted by Crippen LogP contribution is -2.37. The van der Waals surface area contributed by atoms with Crippen LogP contribution in [0.25, 0.3) is 11.3 Å². The Kier molecular flexibility index (Phi) is 4.41. The molecule has 2 N–H and O–H groups in total. The maximum absolute atomic E-state index is 6.13. The molecule has 0 amide bonds. The Morgan fingerprint density at radius 3 is 2.72 bits per heavy atom. The van der Waals surface area contributed by atoms with E-state index in [1.54, 1.807) is 10.9 Å². The van der Waals surface area contributed by atoms with Crippen LogP contribution in [0.15, 0.2) is 35.7 Å². The SMILES string of the molecule is CC(Oc1cc(-c2cc(N3CCC3)nc(C3CC3)n2)cnc1N)C1C=C[N+](C)=N1. The third kappa shape index (κ3) is 3.66. The average molecular weight is 392 g/mol. The lowest BCUT2D eigenvalue weighted by atomic mass is 10.1. The minimum absolute atomic E-state index is 0.0402. The average Bonchev–Trinajstić information content (AvgIpc) is 3.43. The van der Waals surface area contributed by atoms with E-state index in [2.05, 4.69) is 21.1 Å². The molecule has 0 aromatic carbocycles. The summed E-state index contributed by atoms with van der Waals surface area (Å²) in [6.07, 6.45) is 9.11. The number of pyridine rings is 1. The molecule has 2 atom stereocenters. The first kappa shape index (κ1) is 18.0. The van der Waals surface area contributed by atoms with E-state index < -0.39 is 0 Å². The molecule has 4 heterocycles. The molecular weight excluding hydrogens is 366 g/mol. The van der Waals surface area contributed by atoms with Crippen molar-refractivity contribution in [2.24, 2.45) is 5.11 Å². The van der Waals surface area contributed by atoms with Crippen LogP contribution in [-0.4, -0.2) is 51.9 Å². The first-order chi connectivity index (χ1) is 14.1. The summed E-state index contributed by atoms with van der Waals surface area (Å²) >= 11 is 0. The molecule has 5 rings (SSSR count). The van der Waals surface area contributed by atoms with Crippen LogP contribution in [0.2, 0.25) is 0 Å². The van der Waals surface area contributed by atoms with Crippen molar-refractivity contribution in [3.63, 3.8) is 0 Å². The summed E-state index contributed by atoms with van der Waals surface area (Å²) in [5, 5.41) is 4.49. The summed E-state index contributed by atoms with van der Waals surface area (Å²) in [7, 11) is 1.90. The number of anilines is 2. The van der Waals surface area contributed by atoms with Crippen LogP contribution in [0.4, 0.5) is 11.6 Å². The molecule has 2 aliphatic heterocycles. The zero-order valence-electron chi connectivity index (χ0n) is 16.8. The van der Waals surface area contributed by atoms with Crippen LogP contribution in [0.1, 0.15) is 37.9 Å². The second kappa shape index (κ2) is 7.09. The van der Waals surface area contributed by atoms with Gasteiger partial charge < -0.3 is 15.4 Å². The van der Waals surface area contributed by atoms with Crippen molar-refractivity contribution < 1.29 is 9.43 Å². The molecule has 3 aliphatic rings. The van der Waals surface area contributed by atoms with E-state index in [-0.39, 0.29) is 12.1 Å². The van der Waals surface area contributed by atoms with E-state index in [0.29, 0.717) is 17.5 Å². The fourth-order valence-corrected chi connectivity index (χ4v) is 3.54. The third-order valence-electron chi connectivity index (χ3n) is 5.64. The van der Waals surface area contributed by atoms with E-state index >= 15 is 0 Å². The molecule has 2 aromatic heterocycles. The summed E-state index contributed by atoms with van der Waals surface area (Å²) in [5.74, 6) is 3.37. The van der Waals surface area contributed by atoms with Gasteiger partial charge in [0.1, 0.15) is 17.7 Å². The van der Waals surface area contributed by atoms with Crippen molar-refractivity contribution in [2.75, 3.05) is 30.8 Å². The van der Waals surface area contributed by atoms with Crippen molar-refractivity contribution in [3.05, 3.63) is 36.4 Å². The molecule has 0 spiro atoms. The summed E-state index contributed by atoms with van der Waals surface area (Å²) < 4.78 is 7.92. The van der Waals surface area contributed by atoms with Gasteiger partial charge in [-0.15, -0.1) is 0 Å². The van der Waals surface area contributed by atoms with Crippen molar-refractivity contribution >= 4 is 11.6 Å². The van der Waals surface area contributed by atoms with Gasteiger partial charge in [0.15, 0.2) is 30.9 Å². The van der Waals surface area contributed by atoms with Gasteiger partial charge in [-0.3, -0.25) is 0 Å². The van der Waals surface area contributed by atoms with Gasteiger partial charge in [-0.05, 0) is 37.4 Å². The zero-order valence-corrected chi connectivity index (χ0v) is 16.8. The number of hydrogen-bond donors (Lipinski definition) is 1. The fourth-order valence-electron chi connectivity index (χ4n) is 3.54. The van der Waals surface area contributed by atoms with Gasteiger partial charge in [-0.2, -0.15) is 0 Å². The molecule has 0 bridgehead atoms. The van der Waals surface area contributed by atoms with Crippen LogP contribution < -0.4 is 15.4 Å². The number of nitrogen functional groups attached to an aromatic ring is 1. The zero-order chi connectivity index (χ0) is 20.0.